The molecule has 186 valence electrons. The molecule has 0 radical (unpaired) electrons. The van der Waals surface area contributed by atoms with Crippen molar-refractivity contribution < 1.29 is 28.5 Å². The summed E-state index contributed by atoms with van der Waals surface area (Å²) in [7, 11) is 3.12. The minimum atomic E-state index is -0.784. The van der Waals surface area contributed by atoms with Gasteiger partial charge in [-0.2, -0.15) is 0 Å². The van der Waals surface area contributed by atoms with Crippen LogP contribution in [0.15, 0.2) is 42.5 Å². The number of carbonyl (C=O) groups is 2. The Kier molecular flexibility index (Phi) is 10.0. The molecule has 0 aliphatic heterocycles. The first-order chi connectivity index (χ1) is 16.1. The second kappa shape index (κ2) is 12.7. The molecule has 2 unspecified atom stereocenters. The van der Waals surface area contributed by atoms with E-state index in [1.807, 2.05) is 51.1 Å². The van der Waals surface area contributed by atoms with Crippen LogP contribution in [-0.2, 0) is 9.53 Å². The topological polar surface area (TPSA) is 95.1 Å². The van der Waals surface area contributed by atoms with Gasteiger partial charge in [-0.1, -0.05) is 32.0 Å². The Morgan fingerprint density at radius 2 is 1.62 bits per heavy atom. The molecule has 0 saturated carbocycles. The van der Waals surface area contributed by atoms with Crippen molar-refractivity contribution in [2.45, 2.75) is 52.8 Å². The Balaban J connectivity index is 2.28. The van der Waals surface area contributed by atoms with E-state index in [9.17, 15) is 9.59 Å². The van der Waals surface area contributed by atoms with E-state index in [-0.39, 0.29) is 24.5 Å². The molecule has 8 heteroatoms. The number of ether oxygens (including phenoxy) is 4. The smallest absolute Gasteiger partial charge is 0.408 e. The van der Waals surface area contributed by atoms with Gasteiger partial charge in [-0.15, -0.1) is 0 Å². The summed E-state index contributed by atoms with van der Waals surface area (Å²) in [6.45, 7) is 9.37. The molecule has 0 bridgehead atoms. The molecule has 0 saturated heterocycles. The van der Waals surface area contributed by atoms with Crippen LogP contribution in [0.2, 0.25) is 0 Å². The van der Waals surface area contributed by atoms with E-state index in [4.69, 9.17) is 18.9 Å². The van der Waals surface area contributed by atoms with Crippen molar-refractivity contribution >= 4 is 12.0 Å². The molecule has 0 aromatic heterocycles. The summed E-state index contributed by atoms with van der Waals surface area (Å²) in [4.78, 5) is 25.4. The molecule has 0 aliphatic carbocycles. The molecule has 2 aromatic carbocycles. The zero-order valence-electron chi connectivity index (χ0n) is 21.0. The molecule has 0 spiro atoms. The van der Waals surface area contributed by atoms with Gasteiger partial charge in [0.15, 0.2) is 11.5 Å². The first-order valence-electron chi connectivity index (χ1n) is 11.3. The Morgan fingerprint density at radius 3 is 2.21 bits per heavy atom. The van der Waals surface area contributed by atoms with Crippen molar-refractivity contribution in [3.8, 4) is 17.2 Å². The number of hydrogen-bond donors (Lipinski definition) is 2. The second-order valence-corrected chi connectivity index (χ2v) is 8.62. The summed E-state index contributed by atoms with van der Waals surface area (Å²) in [5.41, 5.74) is 1.84. The van der Waals surface area contributed by atoms with Crippen molar-refractivity contribution in [3.63, 3.8) is 0 Å². The zero-order valence-corrected chi connectivity index (χ0v) is 21.0. The van der Waals surface area contributed by atoms with Gasteiger partial charge in [-0.25, -0.2) is 4.79 Å². The molecule has 0 aliphatic rings. The summed E-state index contributed by atoms with van der Waals surface area (Å²) in [5, 5.41) is 5.68. The molecular weight excluding hydrogens is 436 g/mol. The third-order valence-electron chi connectivity index (χ3n) is 5.10. The molecule has 8 nitrogen and oxygen atoms in total. The zero-order chi connectivity index (χ0) is 25.3. The number of alkyl carbamates (subject to hydrolysis) is 1. The minimum absolute atomic E-state index is 0.163. The van der Waals surface area contributed by atoms with Gasteiger partial charge >= 0.3 is 6.09 Å². The predicted octanol–water partition coefficient (Wildman–Crippen LogP) is 4.41. The van der Waals surface area contributed by atoms with Crippen LogP contribution in [0, 0.1) is 12.8 Å². The Hall–Kier alpha value is -3.42. The van der Waals surface area contributed by atoms with Crippen LogP contribution in [0.3, 0.4) is 0 Å². The fourth-order valence-corrected chi connectivity index (χ4v) is 3.35. The normalized spacial score (nSPS) is 12.6. The summed E-state index contributed by atoms with van der Waals surface area (Å²) in [6.07, 6.45) is -0.930. The SMILES string of the molecule is COc1ccc(C(COc2cccc(C)c2)NC(=O)C(NC(=O)OC(C)C)C(C)C)cc1OC. The van der Waals surface area contributed by atoms with Crippen LogP contribution in [-0.4, -0.2) is 45.0 Å². The monoisotopic (exact) mass is 472 g/mol. The van der Waals surface area contributed by atoms with Crippen LogP contribution in [0.1, 0.15) is 44.9 Å². The van der Waals surface area contributed by atoms with E-state index in [0.29, 0.717) is 17.2 Å². The van der Waals surface area contributed by atoms with Gasteiger partial charge in [0.1, 0.15) is 18.4 Å². The molecule has 0 heterocycles. The highest BCUT2D eigenvalue weighted by molar-refractivity contribution is 5.86. The van der Waals surface area contributed by atoms with Crippen LogP contribution in [0.4, 0.5) is 4.79 Å². The van der Waals surface area contributed by atoms with Crippen LogP contribution in [0.25, 0.3) is 0 Å². The van der Waals surface area contributed by atoms with E-state index in [1.165, 1.54) is 0 Å². The predicted molar refractivity (Wildman–Crippen MR) is 130 cm³/mol. The van der Waals surface area contributed by atoms with Gasteiger partial charge < -0.3 is 29.6 Å². The van der Waals surface area contributed by atoms with Crippen molar-refractivity contribution in [3.05, 3.63) is 53.6 Å². The van der Waals surface area contributed by atoms with E-state index < -0.39 is 18.2 Å². The summed E-state index contributed by atoms with van der Waals surface area (Å²) >= 11 is 0. The molecular formula is C26H36N2O6. The molecule has 2 rings (SSSR count). The molecule has 34 heavy (non-hydrogen) atoms. The van der Waals surface area contributed by atoms with Crippen LogP contribution < -0.4 is 24.8 Å². The molecule has 2 N–H and O–H groups in total. The lowest BCUT2D eigenvalue weighted by Crippen LogP contribution is -2.51. The van der Waals surface area contributed by atoms with Gasteiger partial charge in [-0.3, -0.25) is 4.79 Å². The van der Waals surface area contributed by atoms with Gasteiger partial charge in [-0.05, 0) is 62.1 Å². The van der Waals surface area contributed by atoms with Gasteiger partial charge in [0.25, 0.3) is 0 Å². The molecule has 2 aromatic rings. The second-order valence-electron chi connectivity index (χ2n) is 8.62. The number of rotatable bonds is 11. The van der Waals surface area contributed by atoms with Crippen molar-refractivity contribution in [1.29, 1.82) is 0 Å². The number of methoxy groups -OCH3 is 2. The molecule has 2 amide bonds. The quantitative estimate of drug-likeness (QED) is 0.503. The Labute approximate surface area is 201 Å². The van der Waals surface area contributed by atoms with E-state index in [2.05, 4.69) is 10.6 Å². The summed E-state index contributed by atoms with van der Waals surface area (Å²) < 4.78 is 21.9. The molecule has 0 fully saturated rings. The summed E-state index contributed by atoms with van der Waals surface area (Å²) in [5.74, 6) is 1.30. The van der Waals surface area contributed by atoms with Crippen molar-refractivity contribution in [2.24, 2.45) is 5.92 Å². The maximum Gasteiger partial charge on any atom is 0.408 e. The molecule has 2 atom stereocenters. The highest BCUT2D eigenvalue weighted by Crippen LogP contribution is 2.30. The Bertz CT molecular complexity index is 960. The van der Waals surface area contributed by atoms with E-state index in [0.717, 1.165) is 11.1 Å². The maximum absolute atomic E-state index is 13.2. The average Bonchev–Trinajstić information content (AvgIpc) is 2.78. The van der Waals surface area contributed by atoms with E-state index in [1.54, 1.807) is 40.2 Å². The summed E-state index contributed by atoms with van der Waals surface area (Å²) in [6, 6.07) is 11.8. The fourth-order valence-electron chi connectivity index (χ4n) is 3.35. The third kappa shape index (κ3) is 7.86. The minimum Gasteiger partial charge on any atom is -0.493 e. The average molecular weight is 473 g/mol. The Morgan fingerprint density at radius 1 is 0.912 bits per heavy atom. The van der Waals surface area contributed by atoms with Crippen LogP contribution >= 0.6 is 0 Å². The first kappa shape index (κ1) is 26.8. The number of amides is 2. The maximum atomic E-state index is 13.2. The largest absolute Gasteiger partial charge is 0.493 e. The standard InChI is InChI=1S/C26H36N2O6/c1-16(2)24(28-26(30)34-17(3)4)25(29)27-21(15-33-20-10-8-9-18(5)13-20)19-11-12-22(31-6)23(14-19)32-7/h8-14,16-17,21,24H,15H2,1-7H3,(H,27,29)(H,28,30). The first-order valence-corrected chi connectivity index (χ1v) is 11.3. The van der Waals surface area contributed by atoms with Crippen LogP contribution in [0.5, 0.6) is 17.2 Å². The lowest BCUT2D eigenvalue weighted by Gasteiger charge is -2.26. The number of aryl methyl sites for hydroxylation is 1. The van der Waals surface area contributed by atoms with Gasteiger partial charge in [0.05, 0.1) is 26.4 Å². The lowest BCUT2D eigenvalue weighted by molar-refractivity contribution is -0.125. The number of carbonyl (C=O) groups excluding carboxylic acids is 2. The number of hydrogen-bond acceptors (Lipinski definition) is 6. The van der Waals surface area contributed by atoms with E-state index >= 15 is 0 Å². The highest BCUT2D eigenvalue weighted by atomic mass is 16.6. The fraction of sp³-hybridized carbons (Fsp3) is 0.462. The van der Waals surface area contributed by atoms with Crippen molar-refractivity contribution in [2.75, 3.05) is 20.8 Å². The number of nitrogens with one attached hydrogen (secondary N) is 2. The lowest BCUT2D eigenvalue weighted by atomic mass is 10.0. The number of benzene rings is 2. The van der Waals surface area contributed by atoms with Crippen molar-refractivity contribution in [1.82, 2.24) is 10.6 Å². The highest BCUT2D eigenvalue weighted by Gasteiger charge is 2.28. The van der Waals surface area contributed by atoms with Gasteiger partial charge in [0.2, 0.25) is 5.91 Å². The third-order valence-corrected chi connectivity index (χ3v) is 5.10. The van der Waals surface area contributed by atoms with Gasteiger partial charge in [0, 0.05) is 0 Å².